The van der Waals surface area contributed by atoms with Gasteiger partial charge in [-0.05, 0) is 25.0 Å². The Labute approximate surface area is 72.6 Å². The highest BCUT2D eigenvalue weighted by atomic mass is 32.2. The first-order chi connectivity index (χ1) is 5.45. The third-order valence-electron chi connectivity index (χ3n) is 2.41. The van der Waals surface area contributed by atoms with E-state index in [1.54, 1.807) is 0 Å². The molecule has 0 saturated carbocycles. The van der Waals surface area contributed by atoms with E-state index in [1.165, 1.54) is 30.8 Å². The van der Waals surface area contributed by atoms with E-state index in [1.807, 2.05) is 0 Å². The fourth-order valence-corrected chi connectivity index (χ4v) is 2.92. The molecule has 0 amide bonds. The van der Waals surface area contributed by atoms with E-state index >= 15 is 0 Å². The van der Waals surface area contributed by atoms with Crippen LogP contribution in [0.25, 0.3) is 0 Å². The minimum Gasteiger partial charge on any atom is -0.310 e. The molecule has 0 radical (unpaired) electrons. The molecule has 2 aliphatic rings. The lowest BCUT2D eigenvalue weighted by Gasteiger charge is -2.17. The second kappa shape index (κ2) is 3.63. The normalized spacial score (nSPS) is 31.8. The van der Waals surface area contributed by atoms with Gasteiger partial charge in [0, 0.05) is 17.8 Å². The molecule has 1 aliphatic carbocycles. The van der Waals surface area contributed by atoms with Crippen LogP contribution in [0.3, 0.4) is 0 Å². The first kappa shape index (κ1) is 7.69. The number of thioether (sulfide) groups is 1. The Hall–Kier alpha value is 0.0500. The van der Waals surface area contributed by atoms with Gasteiger partial charge in [0.05, 0.1) is 0 Å². The number of nitrogens with one attached hydrogen (secondary N) is 1. The Morgan fingerprint density at radius 1 is 1.18 bits per heavy atom. The second-order valence-electron chi connectivity index (χ2n) is 3.37. The summed E-state index contributed by atoms with van der Waals surface area (Å²) < 4.78 is 0. The molecule has 0 aromatic carbocycles. The predicted molar refractivity (Wildman–Crippen MR) is 51.0 cm³/mol. The van der Waals surface area contributed by atoms with E-state index in [-0.39, 0.29) is 0 Å². The standard InChI is InChI=1S/C9H15NS/c1-2-4-8(3-1)10-9-5-6-11-7-9/h1-2,8-10H,3-7H2. The van der Waals surface area contributed by atoms with Crippen LogP contribution in [0.15, 0.2) is 12.2 Å². The van der Waals surface area contributed by atoms with E-state index in [0.29, 0.717) is 0 Å². The highest BCUT2D eigenvalue weighted by Crippen LogP contribution is 2.19. The summed E-state index contributed by atoms with van der Waals surface area (Å²) in [4.78, 5) is 0. The van der Waals surface area contributed by atoms with Crippen molar-refractivity contribution in [3.05, 3.63) is 12.2 Å². The number of hydrogen-bond donors (Lipinski definition) is 1. The largest absolute Gasteiger partial charge is 0.310 e. The number of rotatable bonds is 2. The highest BCUT2D eigenvalue weighted by Gasteiger charge is 2.19. The Balaban J connectivity index is 1.72. The maximum atomic E-state index is 3.69. The van der Waals surface area contributed by atoms with Gasteiger partial charge in [-0.1, -0.05) is 12.2 Å². The van der Waals surface area contributed by atoms with E-state index in [9.17, 15) is 0 Å². The van der Waals surface area contributed by atoms with Crippen LogP contribution in [-0.2, 0) is 0 Å². The van der Waals surface area contributed by atoms with E-state index in [2.05, 4.69) is 29.2 Å². The van der Waals surface area contributed by atoms with Gasteiger partial charge >= 0.3 is 0 Å². The van der Waals surface area contributed by atoms with Gasteiger partial charge in [-0.15, -0.1) is 0 Å². The molecule has 62 valence electrons. The van der Waals surface area contributed by atoms with Crippen molar-refractivity contribution in [3.8, 4) is 0 Å². The van der Waals surface area contributed by atoms with Gasteiger partial charge < -0.3 is 5.32 Å². The summed E-state index contributed by atoms with van der Waals surface area (Å²) in [7, 11) is 0. The molecule has 0 spiro atoms. The Morgan fingerprint density at radius 2 is 2.00 bits per heavy atom. The first-order valence-corrected chi connectivity index (χ1v) is 5.59. The molecule has 0 bridgehead atoms. The van der Waals surface area contributed by atoms with Crippen molar-refractivity contribution in [2.24, 2.45) is 0 Å². The Morgan fingerprint density at radius 3 is 2.64 bits per heavy atom. The average Bonchev–Trinajstić information content (AvgIpc) is 2.60. The molecule has 0 aromatic rings. The summed E-state index contributed by atoms with van der Waals surface area (Å²) in [5.41, 5.74) is 0. The van der Waals surface area contributed by atoms with Gasteiger partial charge in [0.1, 0.15) is 0 Å². The SMILES string of the molecule is C1=CCC(NC2CCSC2)C1. The van der Waals surface area contributed by atoms with Crippen molar-refractivity contribution in [1.82, 2.24) is 5.32 Å². The zero-order chi connectivity index (χ0) is 7.52. The lowest BCUT2D eigenvalue weighted by molar-refractivity contribution is 0.465. The molecule has 1 unspecified atom stereocenters. The Bertz CT molecular complexity index is 142. The molecule has 2 heteroatoms. The summed E-state index contributed by atoms with van der Waals surface area (Å²) in [5, 5.41) is 3.69. The van der Waals surface area contributed by atoms with Crippen LogP contribution in [0.2, 0.25) is 0 Å². The Kier molecular flexibility index (Phi) is 2.54. The van der Waals surface area contributed by atoms with Crippen LogP contribution in [0.4, 0.5) is 0 Å². The smallest absolute Gasteiger partial charge is 0.0168 e. The van der Waals surface area contributed by atoms with Crippen LogP contribution in [-0.4, -0.2) is 23.6 Å². The van der Waals surface area contributed by atoms with Crippen molar-refractivity contribution < 1.29 is 0 Å². The fraction of sp³-hybridized carbons (Fsp3) is 0.778. The molecule has 1 fully saturated rings. The molecule has 11 heavy (non-hydrogen) atoms. The number of hydrogen-bond acceptors (Lipinski definition) is 2. The molecule has 1 N–H and O–H groups in total. The van der Waals surface area contributed by atoms with Gasteiger partial charge in [0.25, 0.3) is 0 Å². The van der Waals surface area contributed by atoms with Gasteiger partial charge in [-0.3, -0.25) is 0 Å². The average molecular weight is 169 g/mol. The minimum absolute atomic E-state index is 0.763. The van der Waals surface area contributed by atoms with Crippen LogP contribution >= 0.6 is 11.8 Å². The first-order valence-electron chi connectivity index (χ1n) is 4.44. The van der Waals surface area contributed by atoms with Crippen LogP contribution in [0.1, 0.15) is 19.3 Å². The molecule has 0 aromatic heterocycles. The van der Waals surface area contributed by atoms with Crippen LogP contribution in [0, 0.1) is 0 Å². The molecule has 1 aliphatic heterocycles. The van der Waals surface area contributed by atoms with E-state index in [0.717, 1.165) is 12.1 Å². The zero-order valence-electron chi connectivity index (χ0n) is 6.75. The predicted octanol–water partition coefficient (Wildman–Crippen LogP) is 1.80. The van der Waals surface area contributed by atoms with Crippen molar-refractivity contribution in [3.63, 3.8) is 0 Å². The maximum absolute atomic E-state index is 3.69. The zero-order valence-corrected chi connectivity index (χ0v) is 7.57. The van der Waals surface area contributed by atoms with Crippen molar-refractivity contribution in [1.29, 1.82) is 0 Å². The third-order valence-corrected chi connectivity index (χ3v) is 3.57. The second-order valence-corrected chi connectivity index (χ2v) is 4.52. The van der Waals surface area contributed by atoms with E-state index < -0.39 is 0 Å². The monoisotopic (exact) mass is 169 g/mol. The summed E-state index contributed by atoms with van der Waals surface area (Å²) in [5.74, 6) is 2.69. The van der Waals surface area contributed by atoms with E-state index in [4.69, 9.17) is 0 Å². The van der Waals surface area contributed by atoms with Crippen LogP contribution in [0.5, 0.6) is 0 Å². The molecule has 1 heterocycles. The molecule has 1 atom stereocenters. The lowest BCUT2D eigenvalue weighted by atomic mass is 10.2. The van der Waals surface area contributed by atoms with Crippen LogP contribution < -0.4 is 5.32 Å². The van der Waals surface area contributed by atoms with Gasteiger partial charge in [0.15, 0.2) is 0 Å². The van der Waals surface area contributed by atoms with Crippen molar-refractivity contribution >= 4 is 11.8 Å². The van der Waals surface area contributed by atoms with Gasteiger partial charge in [-0.25, -0.2) is 0 Å². The summed E-state index contributed by atoms with van der Waals surface area (Å²) in [6.45, 7) is 0. The summed E-state index contributed by atoms with van der Waals surface area (Å²) in [6, 6.07) is 1.57. The molecule has 1 nitrogen and oxygen atoms in total. The minimum atomic E-state index is 0.763. The topological polar surface area (TPSA) is 12.0 Å². The fourth-order valence-electron chi connectivity index (χ4n) is 1.75. The summed E-state index contributed by atoms with van der Waals surface area (Å²) in [6.07, 6.45) is 8.46. The van der Waals surface area contributed by atoms with Crippen molar-refractivity contribution in [2.75, 3.05) is 11.5 Å². The molecular weight excluding hydrogens is 154 g/mol. The molecule has 1 saturated heterocycles. The maximum Gasteiger partial charge on any atom is 0.0168 e. The molecule has 2 rings (SSSR count). The van der Waals surface area contributed by atoms with Gasteiger partial charge in [0.2, 0.25) is 0 Å². The third kappa shape index (κ3) is 2.00. The quantitative estimate of drug-likeness (QED) is 0.633. The molecular formula is C9H15NS. The summed E-state index contributed by atoms with van der Waals surface area (Å²) >= 11 is 2.08. The lowest BCUT2D eigenvalue weighted by Crippen LogP contribution is -2.36. The highest BCUT2D eigenvalue weighted by molar-refractivity contribution is 7.99. The van der Waals surface area contributed by atoms with Crippen molar-refractivity contribution in [2.45, 2.75) is 31.3 Å². The van der Waals surface area contributed by atoms with Gasteiger partial charge in [-0.2, -0.15) is 11.8 Å².